The van der Waals surface area contributed by atoms with Crippen molar-refractivity contribution < 1.29 is 18.3 Å². The van der Waals surface area contributed by atoms with Crippen LogP contribution in [-0.4, -0.2) is 32.3 Å². The number of fused-ring (bicyclic) bond motifs is 1. The van der Waals surface area contributed by atoms with Crippen LogP contribution in [0.5, 0.6) is 5.75 Å². The summed E-state index contributed by atoms with van der Waals surface area (Å²) in [6.45, 7) is 4.24. The van der Waals surface area contributed by atoms with Crippen LogP contribution in [0.1, 0.15) is 42.5 Å². The van der Waals surface area contributed by atoms with Gasteiger partial charge in [0.2, 0.25) is 5.90 Å². The van der Waals surface area contributed by atoms with E-state index in [4.69, 9.17) is 9.47 Å². The topological polar surface area (TPSA) is 95.6 Å². The lowest BCUT2D eigenvalue weighted by Gasteiger charge is -2.26. The molecule has 1 aliphatic heterocycles. The zero-order valence-electron chi connectivity index (χ0n) is 18.5. The summed E-state index contributed by atoms with van der Waals surface area (Å²) in [6, 6.07) is 7.02. The van der Waals surface area contributed by atoms with Gasteiger partial charge in [0, 0.05) is 37.6 Å². The van der Waals surface area contributed by atoms with Crippen molar-refractivity contribution in [2.45, 2.75) is 39.3 Å². The number of rotatable bonds is 6. The average Bonchev–Trinajstić information content (AvgIpc) is 3.12. The second-order valence-corrected chi connectivity index (χ2v) is 7.64. The van der Waals surface area contributed by atoms with Gasteiger partial charge in [-0.3, -0.25) is 5.43 Å². The molecule has 0 amide bonds. The zero-order valence-corrected chi connectivity index (χ0v) is 18.5. The van der Waals surface area contributed by atoms with Crippen LogP contribution >= 0.6 is 0 Å². The Morgan fingerprint density at radius 2 is 2.15 bits per heavy atom. The summed E-state index contributed by atoms with van der Waals surface area (Å²) in [4.78, 5) is 12.3. The van der Waals surface area contributed by atoms with Crippen molar-refractivity contribution in [1.29, 1.82) is 0 Å². The van der Waals surface area contributed by atoms with Gasteiger partial charge in [-0.1, -0.05) is 19.1 Å². The SMILES string of the molecule is CCC(=NNC1CCOc2cc(F)cc(F)c21)OCc1c(C)cccc1-n1nnn(C)c1=O. The quantitative estimate of drug-likeness (QED) is 0.347. The maximum absolute atomic E-state index is 14.4. The Hall–Kier alpha value is -3.76. The van der Waals surface area contributed by atoms with Crippen molar-refractivity contribution in [1.82, 2.24) is 25.2 Å². The number of ether oxygens (including phenoxy) is 2. The molecule has 0 spiro atoms. The Morgan fingerprint density at radius 1 is 1.33 bits per heavy atom. The van der Waals surface area contributed by atoms with E-state index in [1.165, 1.54) is 17.8 Å². The van der Waals surface area contributed by atoms with E-state index in [0.717, 1.165) is 21.9 Å². The van der Waals surface area contributed by atoms with Gasteiger partial charge >= 0.3 is 5.69 Å². The second-order valence-electron chi connectivity index (χ2n) is 7.64. The molecule has 174 valence electrons. The molecule has 1 aliphatic rings. The van der Waals surface area contributed by atoms with Gasteiger partial charge in [0.25, 0.3) is 0 Å². The number of hydrogen-bond acceptors (Lipinski definition) is 7. The lowest BCUT2D eigenvalue weighted by molar-refractivity contribution is 0.242. The van der Waals surface area contributed by atoms with Crippen LogP contribution in [-0.2, 0) is 18.4 Å². The molecule has 0 radical (unpaired) electrons. The van der Waals surface area contributed by atoms with Gasteiger partial charge in [0.1, 0.15) is 24.0 Å². The van der Waals surface area contributed by atoms with Gasteiger partial charge in [0.05, 0.1) is 23.9 Å². The highest BCUT2D eigenvalue weighted by Gasteiger charge is 2.26. The standard InChI is InChI=1S/C22H24F2N6O3/c1-4-20(26-25-17-8-9-32-19-11-14(23)10-16(24)21(17)19)33-12-15-13(2)6-5-7-18(15)30-22(31)29(3)27-28-30/h5-7,10-11,17,25H,4,8-9,12H2,1-3H3. The third kappa shape index (κ3) is 4.57. The smallest absolute Gasteiger partial charge is 0.368 e. The molecule has 0 saturated carbocycles. The van der Waals surface area contributed by atoms with Crippen LogP contribution in [0.15, 0.2) is 40.2 Å². The first-order chi connectivity index (χ1) is 15.9. The number of hydrazone groups is 1. The molecule has 1 atom stereocenters. The summed E-state index contributed by atoms with van der Waals surface area (Å²) >= 11 is 0. The minimum absolute atomic E-state index is 0.142. The van der Waals surface area contributed by atoms with Crippen LogP contribution in [0.4, 0.5) is 8.78 Å². The third-order valence-corrected chi connectivity index (χ3v) is 5.43. The van der Waals surface area contributed by atoms with Gasteiger partial charge in [-0.2, -0.15) is 9.36 Å². The number of hydrogen-bond donors (Lipinski definition) is 1. The van der Waals surface area contributed by atoms with E-state index in [1.54, 1.807) is 6.07 Å². The van der Waals surface area contributed by atoms with Crippen molar-refractivity contribution >= 4 is 5.90 Å². The molecule has 9 nitrogen and oxygen atoms in total. The molecule has 0 fully saturated rings. The number of aromatic nitrogens is 4. The second kappa shape index (κ2) is 9.39. The van der Waals surface area contributed by atoms with Crippen LogP contribution < -0.4 is 15.9 Å². The summed E-state index contributed by atoms with van der Waals surface area (Å²) in [5.41, 5.74) is 5.05. The van der Waals surface area contributed by atoms with E-state index in [9.17, 15) is 13.6 Å². The highest BCUT2D eigenvalue weighted by atomic mass is 19.1. The fraction of sp³-hybridized carbons (Fsp3) is 0.364. The molecule has 4 rings (SSSR count). The maximum Gasteiger partial charge on any atom is 0.368 e. The molecule has 1 aromatic heterocycles. The number of nitrogens with one attached hydrogen (secondary N) is 1. The number of benzene rings is 2. The number of aryl methyl sites for hydroxylation is 2. The zero-order chi connectivity index (χ0) is 23.5. The molecule has 1 N–H and O–H groups in total. The predicted molar refractivity (Wildman–Crippen MR) is 116 cm³/mol. The predicted octanol–water partition coefficient (Wildman–Crippen LogP) is 2.91. The van der Waals surface area contributed by atoms with Gasteiger partial charge in [-0.15, -0.1) is 5.10 Å². The highest BCUT2D eigenvalue weighted by Crippen LogP contribution is 2.35. The van der Waals surface area contributed by atoms with Crippen molar-refractivity contribution in [2.75, 3.05) is 6.61 Å². The van der Waals surface area contributed by atoms with Gasteiger partial charge < -0.3 is 9.47 Å². The van der Waals surface area contributed by atoms with E-state index >= 15 is 0 Å². The molecular weight excluding hydrogens is 434 g/mol. The minimum atomic E-state index is -0.691. The molecule has 33 heavy (non-hydrogen) atoms. The van der Waals surface area contributed by atoms with E-state index < -0.39 is 17.7 Å². The van der Waals surface area contributed by atoms with Crippen molar-refractivity contribution in [3.63, 3.8) is 0 Å². The summed E-state index contributed by atoms with van der Waals surface area (Å²) in [6.07, 6.45) is 0.939. The highest BCUT2D eigenvalue weighted by molar-refractivity contribution is 5.75. The largest absolute Gasteiger partial charge is 0.493 e. The minimum Gasteiger partial charge on any atom is -0.493 e. The van der Waals surface area contributed by atoms with Gasteiger partial charge in [-0.05, 0) is 29.0 Å². The van der Waals surface area contributed by atoms with Crippen LogP contribution in [0, 0.1) is 18.6 Å². The summed E-state index contributed by atoms with van der Waals surface area (Å²) in [5.74, 6) is -0.810. The summed E-state index contributed by atoms with van der Waals surface area (Å²) < 4.78 is 41.6. The van der Waals surface area contributed by atoms with Crippen LogP contribution in [0.3, 0.4) is 0 Å². The van der Waals surface area contributed by atoms with Gasteiger partial charge in [-0.25, -0.2) is 13.6 Å². The van der Waals surface area contributed by atoms with E-state index in [-0.39, 0.29) is 23.6 Å². The first-order valence-electron chi connectivity index (χ1n) is 10.5. The molecule has 1 unspecified atom stereocenters. The van der Waals surface area contributed by atoms with Crippen molar-refractivity contribution in [2.24, 2.45) is 12.1 Å². The number of halogens is 2. The normalized spacial score (nSPS) is 15.7. The Labute approximate surface area is 188 Å². The number of nitrogens with zero attached hydrogens (tertiary/aromatic N) is 5. The summed E-state index contributed by atoms with van der Waals surface area (Å²) in [7, 11) is 1.52. The molecule has 2 heterocycles. The van der Waals surface area contributed by atoms with E-state index in [2.05, 4.69) is 21.0 Å². The van der Waals surface area contributed by atoms with Gasteiger partial charge in [0.15, 0.2) is 0 Å². The fourth-order valence-electron chi connectivity index (χ4n) is 3.64. The molecule has 0 saturated heterocycles. The fourth-order valence-corrected chi connectivity index (χ4v) is 3.64. The molecular formula is C22H24F2N6O3. The third-order valence-electron chi connectivity index (χ3n) is 5.43. The Morgan fingerprint density at radius 3 is 2.88 bits per heavy atom. The lowest BCUT2D eigenvalue weighted by atomic mass is 10.0. The molecule has 11 heteroatoms. The average molecular weight is 458 g/mol. The Bertz CT molecular complexity index is 1250. The Balaban J connectivity index is 1.53. The van der Waals surface area contributed by atoms with Crippen LogP contribution in [0.25, 0.3) is 5.69 Å². The maximum atomic E-state index is 14.4. The monoisotopic (exact) mass is 458 g/mol. The Kier molecular flexibility index (Phi) is 6.38. The molecule has 0 aliphatic carbocycles. The van der Waals surface area contributed by atoms with Crippen LogP contribution in [0.2, 0.25) is 0 Å². The molecule has 3 aromatic rings. The van der Waals surface area contributed by atoms with Crippen molar-refractivity contribution in [3.8, 4) is 11.4 Å². The first kappa shape index (κ1) is 22.4. The first-order valence-corrected chi connectivity index (χ1v) is 10.5. The van der Waals surface area contributed by atoms with Crippen molar-refractivity contribution in [3.05, 3.63) is 69.1 Å². The molecule has 2 aromatic carbocycles. The van der Waals surface area contributed by atoms with E-state index in [1.807, 2.05) is 26.0 Å². The summed E-state index contributed by atoms with van der Waals surface area (Å²) in [5, 5.41) is 12.0. The molecule has 0 bridgehead atoms. The van der Waals surface area contributed by atoms with E-state index in [0.29, 0.717) is 31.0 Å². The number of tetrazole rings is 1. The lowest BCUT2D eigenvalue weighted by Crippen LogP contribution is -2.26.